The van der Waals surface area contributed by atoms with Gasteiger partial charge in [-0.25, -0.2) is 4.79 Å². The van der Waals surface area contributed by atoms with Crippen LogP contribution in [0.15, 0.2) is 0 Å². The van der Waals surface area contributed by atoms with Gasteiger partial charge in [-0.3, -0.25) is 28.8 Å². The van der Waals surface area contributed by atoms with Gasteiger partial charge in [0.25, 0.3) is 0 Å². The van der Waals surface area contributed by atoms with E-state index in [4.69, 9.17) is 26.8 Å². The summed E-state index contributed by atoms with van der Waals surface area (Å²) in [6.07, 6.45) is -2.43. The number of nitrogens with one attached hydrogen (secondary N) is 3. The number of hydrogen-bond acceptors (Lipinski definition) is 8. The van der Waals surface area contributed by atoms with Crippen LogP contribution in [0.1, 0.15) is 33.1 Å². The van der Waals surface area contributed by atoms with Crippen molar-refractivity contribution >= 4 is 41.5 Å². The van der Waals surface area contributed by atoms with Crippen molar-refractivity contribution in [2.24, 2.45) is 17.4 Å². The summed E-state index contributed by atoms with van der Waals surface area (Å²) in [7, 11) is 0. The molecule has 0 aromatic rings. The maximum atomic E-state index is 12.6. The Morgan fingerprint density at radius 3 is 1.62 bits per heavy atom. The van der Waals surface area contributed by atoms with Gasteiger partial charge in [0.15, 0.2) is 0 Å². The van der Waals surface area contributed by atoms with Crippen molar-refractivity contribution in [1.29, 1.82) is 0 Å². The molecule has 0 radical (unpaired) electrons. The van der Waals surface area contributed by atoms with E-state index in [0.29, 0.717) is 0 Å². The Labute approximate surface area is 181 Å². The van der Waals surface area contributed by atoms with Crippen molar-refractivity contribution in [2.75, 3.05) is 0 Å². The second-order valence-electron chi connectivity index (χ2n) is 7.16. The number of hydrogen-bond donors (Lipinski definition) is 8. The summed E-state index contributed by atoms with van der Waals surface area (Å²) in [5.41, 5.74) is 10.4. The molecule has 0 saturated heterocycles. The first-order chi connectivity index (χ1) is 14.6. The molecule has 4 amide bonds. The van der Waals surface area contributed by atoms with Crippen molar-refractivity contribution < 1.29 is 48.9 Å². The van der Waals surface area contributed by atoms with Crippen molar-refractivity contribution in [3.8, 4) is 0 Å². The topological polar surface area (TPSA) is 268 Å². The molecule has 15 nitrogen and oxygen atoms in total. The number of amides is 4. The molecule has 0 aromatic carbocycles. The standard InChI is InChI=1S/C17H27N5O10/c1-6(2)13(22-14(28)7(18)3-11(24)25)16(30)20-8(5-12(26)27)15(29)21-9(17(31)32)4-10(19)23/h6-9,13H,3-5,18H2,1-2H3,(H2,19,23)(H,20,30)(H,21,29)(H,22,28)(H,24,25)(H,26,27)(H,31,32). The summed E-state index contributed by atoms with van der Waals surface area (Å²) in [6, 6.07) is -6.32. The Morgan fingerprint density at radius 2 is 1.22 bits per heavy atom. The smallest absolute Gasteiger partial charge is 0.326 e. The molecule has 0 aliphatic heterocycles. The molecule has 0 bridgehead atoms. The SMILES string of the molecule is CC(C)C(NC(=O)C(N)CC(=O)O)C(=O)NC(CC(=O)O)C(=O)NC(CC(N)=O)C(=O)O. The lowest BCUT2D eigenvalue weighted by atomic mass is 10.0. The van der Waals surface area contributed by atoms with Crippen LogP contribution in [-0.4, -0.2) is 81.0 Å². The minimum Gasteiger partial charge on any atom is -0.481 e. The fourth-order valence-electron chi connectivity index (χ4n) is 2.40. The summed E-state index contributed by atoms with van der Waals surface area (Å²) in [5.74, 6) is -9.29. The number of nitrogens with two attached hydrogens (primary N) is 2. The number of carboxylic acid groups (broad SMARTS) is 3. The van der Waals surface area contributed by atoms with Crippen LogP contribution in [0.3, 0.4) is 0 Å². The van der Waals surface area contributed by atoms with Crippen molar-refractivity contribution in [3.05, 3.63) is 0 Å². The molecule has 4 unspecified atom stereocenters. The Kier molecular flexibility index (Phi) is 11.3. The monoisotopic (exact) mass is 461 g/mol. The summed E-state index contributed by atoms with van der Waals surface area (Å²) in [4.78, 5) is 81.0. The van der Waals surface area contributed by atoms with Crippen LogP contribution in [0, 0.1) is 5.92 Å². The lowest BCUT2D eigenvalue weighted by Crippen LogP contribution is -2.59. The Balaban J connectivity index is 5.49. The van der Waals surface area contributed by atoms with Gasteiger partial charge in [-0.1, -0.05) is 13.8 Å². The minimum atomic E-state index is -1.76. The van der Waals surface area contributed by atoms with Crippen LogP contribution in [0.4, 0.5) is 0 Å². The predicted molar refractivity (Wildman–Crippen MR) is 105 cm³/mol. The van der Waals surface area contributed by atoms with E-state index in [1.165, 1.54) is 13.8 Å². The van der Waals surface area contributed by atoms with E-state index >= 15 is 0 Å². The first kappa shape index (κ1) is 28.2. The molecule has 0 heterocycles. The first-order valence-corrected chi connectivity index (χ1v) is 9.27. The minimum absolute atomic E-state index is 0.592. The van der Waals surface area contributed by atoms with Crippen molar-refractivity contribution in [3.63, 3.8) is 0 Å². The zero-order valence-electron chi connectivity index (χ0n) is 17.4. The number of carbonyl (C=O) groups is 7. The lowest BCUT2D eigenvalue weighted by molar-refractivity contribution is -0.145. The molecule has 0 fully saturated rings. The van der Waals surface area contributed by atoms with Gasteiger partial charge in [0.1, 0.15) is 18.1 Å². The van der Waals surface area contributed by atoms with E-state index in [0.717, 1.165) is 0 Å². The zero-order chi connectivity index (χ0) is 25.2. The van der Waals surface area contributed by atoms with Gasteiger partial charge in [0, 0.05) is 0 Å². The van der Waals surface area contributed by atoms with E-state index in [1.807, 2.05) is 5.32 Å². The molecule has 180 valence electrons. The molecule has 0 spiro atoms. The molecule has 0 saturated carbocycles. The van der Waals surface area contributed by atoms with Gasteiger partial charge >= 0.3 is 17.9 Å². The quantitative estimate of drug-likeness (QED) is 0.125. The molecule has 32 heavy (non-hydrogen) atoms. The van der Waals surface area contributed by atoms with Gasteiger partial charge in [-0.05, 0) is 5.92 Å². The number of rotatable bonds is 14. The lowest BCUT2D eigenvalue weighted by Gasteiger charge is -2.26. The summed E-state index contributed by atoms with van der Waals surface area (Å²) in [5, 5.41) is 33.0. The first-order valence-electron chi connectivity index (χ1n) is 9.27. The Morgan fingerprint density at radius 1 is 0.719 bits per heavy atom. The highest BCUT2D eigenvalue weighted by Crippen LogP contribution is 2.06. The third kappa shape index (κ3) is 10.3. The predicted octanol–water partition coefficient (Wildman–Crippen LogP) is -3.67. The number of primary amides is 1. The van der Waals surface area contributed by atoms with Crippen LogP contribution in [0.5, 0.6) is 0 Å². The van der Waals surface area contributed by atoms with Crippen LogP contribution in [0.2, 0.25) is 0 Å². The van der Waals surface area contributed by atoms with Crippen LogP contribution in [-0.2, 0) is 33.6 Å². The molecule has 0 aromatic heterocycles. The number of aliphatic carboxylic acids is 3. The van der Waals surface area contributed by atoms with Gasteiger partial charge in [-0.15, -0.1) is 0 Å². The van der Waals surface area contributed by atoms with Crippen molar-refractivity contribution in [2.45, 2.75) is 57.3 Å². The summed E-state index contributed by atoms with van der Waals surface area (Å²) in [6.45, 7) is 3.01. The highest BCUT2D eigenvalue weighted by molar-refractivity contribution is 5.96. The van der Waals surface area contributed by atoms with Gasteiger partial charge in [-0.2, -0.15) is 0 Å². The van der Waals surface area contributed by atoms with Gasteiger partial charge in [0.2, 0.25) is 23.6 Å². The maximum Gasteiger partial charge on any atom is 0.326 e. The molecular formula is C17H27N5O10. The third-order valence-corrected chi connectivity index (χ3v) is 4.01. The molecule has 10 N–H and O–H groups in total. The summed E-state index contributed by atoms with van der Waals surface area (Å²) >= 11 is 0. The van der Waals surface area contributed by atoms with Crippen LogP contribution >= 0.6 is 0 Å². The Hall–Kier alpha value is -3.75. The average Bonchev–Trinajstić information content (AvgIpc) is 2.62. The molecule has 4 atom stereocenters. The van der Waals surface area contributed by atoms with E-state index in [1.54, 1.807) is 0 Å². The van der Waals surface area contributed by atoms with E-state index < -0.39 is 90.9 Å². The van der Waals surface area contributed by atoms with Crippen LogP contribution in [0.25, 0.3) is 0 Å². The summed E-state index contributed by atoms with van der Waals surface area (Å²) < 4.78 is 0. The molecule has 0 aliphatic rings. The third-order valence-electron chi connectivity index (χ3n) is 4.01. The zero-order valence-corrected chi connectivity index (χ0v) is 17.4. The normalized spacial score (nSPS) is 14.4. The number of carbonyl (C=O) groups excluding carboxylic acids is 4. The second kappa shape index (κ2) is 12.8. The van der Waals surface area contributed by atoms with Crippen molar-refractivity contribution in [1.82, 2.24) is 16.0 Å². The number of carboxylic acids is 3. The van der Waals surface area contributed by atoms with E-state index in [-0.39, 0.29) is 0 Å². The highest BCUT2D eigenvalue weighted by Gasteiger charge is 2.33. The van der Waals surface area contributed by atoms with E-state index in [9.17, 15) is 33.6 Å². The molecule has 0 rings (SSSR count). The highest BCUT2D eigenvalue weighted by atomic mass is 16.4. The largest absolute Gasteiger partial charge is 0.481 e. The second-order valence-corrected chi connectivity index (χ2v) is 7.16. The van der Waals surface area contributed by atoms with E-state index in [2.05, 4.69) is 10.6 Å². The van der Waals surface area contributed by atoms with Gasteiger partial charge in [0.05, 0.1) is 25.3 Å². The molecule has 0 aliphatic carbocycles. The Bertz CT molecular complexity index is 769. The molecule has 15 heteroatoms. The maximum absolute atomic E-state index is 12.6. The van der Waals surface area contributed by atoms with Gasteiger partial charge < -0.3 is 42.7 Å². The fourth-order valence-corrected chi connectivity index (χ4v) is 2.40. The fraction of sp³-hybridized carbons (Fsp3) is 0.588. The average molecular weight is 461 g/mol. The van der Waals surface area contributed by atoms with Crippen LogP contribution < -0.4 is 27.4 Å². The molecular weight excluding hydrogens is 434 g/mol.